The normalized spacial score (nSPS) is 18.0. The SMILES string of the molecule is CCC(=O)Nc1ccc(N2C(=S)N[C@H](c3ccccn3)[C@@H]2c2ccn(C(C)(C)C)c2)cc1OC. The average Bonchev–Trinajstić information content (AvgIpc) is 3.44. The number of anilines is 2. The van der Waals surface area contributed by atoms with Crippen molar-refractivity contribution in [2.75, 3.05) is 17.3 Å². The highest BCUT2D eigenvalue weighted by atomic mass is 32.1. The van der Waals surface area contributed by atoms with Gasteiger partial charge in [0.05, 0.1) is 30.6 Å². The Morgan fingerprint density at radius 1 is 1.24 bits per heavy atom. The molecule has 8 heteroatoms. The third-order valence-electron chi connectivity index (χ3n) is 5.99. The van der Waals surface area contributed by atoms with E-state index >= 15 is 0 Å². The quantitative estimate of drug-likeness (QED) is 0.477. The van der Waals surface area contributed by atoms with Gasteiger partial charge in [-0.1, -0.05) is 13.0 Å². The number of ether oxygens (including phenoxy) is 1. The van der Waals surface area contributed by atoms with E-state index in [1.54, 1.807) is 13.3 Å². The minimum atomic E-state index is -0.130. The smallest absolute Gasteiger partial charge is 0.224 e. The van der Waals surface area contributed by atoms with Crippen molar-refractivity contribution in [3.8, 4) is 5.75 Å². The largest absolute Gasteiger partial charge is 0.494 e. The first-order valence-corrected chi connectivity index (χ1v) is 11.8. The number of carbonyl (C=O) groups is 1. The number of hydrogen-bond acceptors (Lipinski definition) is 4. The second-order valence-corrected chi connectivity index (χ2v) is 9.69. The molecule has 4 rings (SSSR count). The van der Waals surface area contributed by atoms with Crippen molar-refractivity contribution in [2.45, 2.75) is 51.7 Å². The summed E-state index contributed by atoms with van der Waals surface area (Å²) in [5, 5.41) is 6.99. The van der Waals surface area contributed by atoms with Crippen LogP contribution in [0.3, 0.4) is 0 Å². The fraction of sp³-hybridized carbons (Fsp3) is 0.346. The molecule has 1 fully saturated rings. The maximum absolute atomic E-state index is 11.9. The van der Waals surface area contributed by atoms with Crippen LogP contribution in [0, 0.1) is 0 Å². The van der Waals surface area contributed by atoms with Crippen molar-refractivity contribution in [3.05, 3.63) is 72.3 Å². The third-order valence-corrected chi connectivity index (χ3v) is 6.30. The molecule has 2 aromatic heterocycles. The molecule has 0 unspecified atom stereocenters. The van der Waals surface area contributed by atoms with Crippen LogP contribution in [0.25, 0.3) is 0 Å². The van der Waals surface area contributed by atoms with Gasteiger partial charge in [-0.05, 0) is 68.9 Å². The number of carbonyl (C=O) groups excluding carboxylic acids is 1. The van der Waals surface area contributed by atoms with E-state index in [0.717, 1.165) is 16.9 Å². The fourth-order valence-corrected chi connectivity index (χ4v) is 4.49. The van der Waals surface area contributed by atoms with Crippen LogP contribution >= 0.6 is 12.2 Å². The van der Waals surface area contributed by atoms with E-state index in [9.17, 15) is 4.79 Å². The van der Waals surface area contributed by atoms with Crippen molar-refractivity contribution >= 4 is 34.6 Å². The van der Waals surface area contributed by atoms with Gasteiger partial charge in [0.1, 0.15) is 5.75 Å². The molecule has 0 bridgehead atoms. The van der Waals surface area contributed by atoms with Gasteiger partial charge >= 0.3 is 0 Å². The van der Waals surface area contributed by atoms with Crippen LogP contribution < -0.4 is 20.3 Å². The van der Waals surface area contributed by atoms with E-state index in [1.165, 1.54) is 0 Å². The zero-order valence-electron chi connectivity index (χ0n) is 20.2. The molecule has 3 aromatic rings. The second-order valence-electron chi connectivity index (χ2n) is 9.31. The van der Waals surface area contributed by atoms with E-state index in [4.69, 9.17) is 17.0 Å². The number of amides is 1. The van der Waals surface area contributed by atoms with E-state index < -0.39 is 0 Å². The Kier molecular flexibility index (Phi) is 6.61. The van der Waals surface area contributed by atoms with Gasteiger partial charge in [0.25, 0.3) is 0 Å². The van der Waals surface area contributed by atoms with Crippen molar-refractivity contribution < 1.29 is 9.53 Å². The highest BCUT2D eigenvalue weighted by Gasteiger charge is 2.41. The molecule has 34 heavy (non-hydrogen) atoms. The molecule has 2 atom stereocenters. The third kappa shape index (κ3) is 4.63. The van der Waals surface area contributed by atoms with Crippen molar-refractivity contribution in [1.82, 2.24) is 14.9 Å². The molecular formula is C26H31N5O2S. The molecule has 1 aliphatic heterocycles. The summed E-state index contributed by atoms with van der Waals surface area (Å²) in [6, 6.07) is 13.5. The summed E-state index contributed by atoms with van der Waals surface area (Å²) in [4.78, 5) is 18.7. The van der Waals surface area contributed by atoms with Crippen molar-refractivity contribution in [2.24, 2.45) is 0 Å². The number of methoxy groups -OCH3 is 1. The molecular weight excluding hydrogens is 446 g/mol. The molecule has 0 aliphatic carbocycles. The van der Waals surface area contributed by atoms with Crippen LogP contribution in [0.4, 0.5) is 11.4 Å². The van der Waals surface area contributed by atoms with E-state index in [-0.39, 0.29) is 23.5 Å². The summed E-state index contributed by atoms with van der Waals surface area (Å²) in [6.07, 6.45) is 6.47. The van der Waals surface area contributed by atoms with Gasteiger partial charge in [-0.15, -0.1) is 0 Å². The summed E-state index contributed by atoms with van der Waals surface area (Å²) in [6.45, 7) is 8.35. The molecule has 0 spiro atoms. The molecule has 1 aromatic carbocycles. The fourth-order valence-electron chi connectivity index (χ4n) is 4.15. The molecule has 7 nitrogen and oxygen atoms in total. The maximum Gasteiger partial charge on any atom is 0.224 e. The Hall–Kier alpha value is -3.39. The first-order valence-electron chi connectivity index (χ1n) is 11.4. The van der Waals surface area contributed by atoms with Gasteiger partial charge in [0.2, 0.25) is 5.91 Å². The van der Waals surface area contributed by atoms with Crippen LogP contribution in [0.5, 0.6) is 5.75 Å². The van der Waals surface area contributed by atoms with E-state index in [0.29, 0.717) is 23.0 Å². The first kappa shape index (κ1) is 23.8. The molecule has 0 saturated carbocycles. The van der Waals surface area contributed by atoms with E-state index in [1.807, 2.05) is 43.3 Å². The van der Waals surface area contributed by atoms with E-state index in [2.05, 4.69) is 64.3 Å². The Morgan fingerprint density at radius 3 is 2.65 bits per heavy atom. The molecule has 178 valence electrons. The molecule has 3 heterocycles. The van der Waals surface area contributed by atoms with Gasteiger partial charge in [0.15, 0.2) is 5.11 Å². The van der Waals surface area contributed by atoms with Gasteiger partial charge in [0, 0.05) is 42.3 Å². The minimum Gasteiger partial charge on any atom is -0.494 e. The molecule has 0 radical (unpaired) electrons. The van der Waals surface area contributed by atoms with Gasteiger partial charge in [-0.25, -0.2) is 0 Å². The predicted molar refractivity (Wildman–Crippen MR) is 139 cm³/mol. The van der Waals surface area contributed by atoms with Crippen molar-refractivity contribution in [3.63, 3.8) is 0 Å². The lowest BCUT2D eigenvalue weighted by Crippen LogP contribution is -2.29. The Bertz CT molecular complexity index is 1190. The molecule has 1 amide bonds. The highest BCUT2D eigenvalue weighted by molar-refractivity contribution is 7.80. The molecule has 2 N–H and O–H groups in total. The molecule has 1 saturated heterocycles. The number of aromatic nitrogens is 2. The molecule has 1 aliphatic rings. The number of hydrogen-bond donors (Lipinski definition) is 2. The zero-order chi connectivity index (χ0) is 24.5. The number of nitrogens with one attached hydrogen (secondary N) is 2. The van der Waals surface area contributed by atoms with Crippen LogP contribution in [0.1, 0.15) is 57.5 Å². The lowest BCUT2D eigenvalue weighted by atomic mass is 9.98. The Balaban J connectivity index is 1.79. The van der Waals surface area contributed by atoms with Crippen molar-refractivity contribution in [1.29, 1.82) is 0 Å². The lowest BCUT2D eigenvalue weighted by Gasteiger charge is -2.28. The monoisotopic (exact) mass is 477 g/mol. The lowest BCUT2D eigenvalue weighted by molar-refractivity contribution is -0.115. The number of nitrogens with zero attached hydrogens (tertiary/aromatic N) is 3. The summed E-state index contributed by atoms with van der Waals surface area (Å²) in [7, 11) is 1.60. The summed E-state index contributed by atoms with van der Waals surface area (Å²) in [5.74, 6) is 0.510. The minimum absolute atomic E-state index is 0.0432. The zero-order valence-corrected chi connectivity index (χ0v) is 21.0. The summed E-state index contributed by atoms with van der Waals surface area (Å²) >= 11 is 5.83. The second kappa shape index (κ2) is 9.46. The van der Waals surface area contributed by atoms with Crippen LogP contribution in [-0.4, -0.2) is 27.7 Å². The predicted octanol–water partition coefficient (Wildman–Crippen LogP) is 5.17. The topological polar surface area (TPSA) is 71.4 Å². The Labute approximate surface area is 206 Å². The van der Waals surface area contributed by atoms with Gasteiger partial charge in [-0.3, -0.25) is 9.78 Å². The van der Waals surface area contributed by atoms with Crippen LogP contribution in [0.15, 0.2) is 61.1 Å². The summed E-state index contributed by atoms with van der Waals surface area (Å²) < 4.78 is 7.82. The Morgan fingerprint density at radius 2 is 2.03 bits per heavy atom. The van der Waals surface area contributed by atoms with Gasteiger partial charge < -0.3 is 24.8 Å². The summed E-state index contributed by atoms with van der Waals surface area (Å²) in [5.41, 5.74) is 3.50. The standard InChI is InChI=1S/C26H31N5O2S/c1-6-22(32)28-19-11-10-18(15-21(19)33-5)31-24(17-12-14-30(16-17)26(2,3)4)23(29-25(31)34)20-9-7-8-13-27-20/h7-16,23-24H,6H2,1-5H3,(H,28,32)(H,29,34)/t23-,24+/m1/s1. The van der Waals surface area contributed by atoms with Gasteiger partial charge in [-0.2, -0.15) is 0 Å². The highest BCUT2D eigenvalue weighted by Crippen LogP contribution is 2.43. The number of pyridine rings is 1. The number of benzene rings is 1. The first-order chi connectivity index (χ1) is 16.2. The number of thiocarbonyl (C=S) groups is 1. The average molecular weight is 478 g/mol. The van der Waals surface area contributed by atoms with Crippen LogP contribution in [-0.2, 0) is 10.3 Å². The number of rotatable bonds is 6. The maximum atomic E-state index is 11.9. The van der Waals surface area contributed by atoms with Crippen LogP contribution in [0.2, 0.25) is 0 Å².